The highest BCUT2D eigenvalue weighted by atomic mass is 32.2. The molecule has 184 valence electrons. The summed E-state index contributed by atoms with van der Waals surface area (Å²) in [4.78, 5) is 22.7. The van der Waals surface area contributed by atoms with E-state index in [9.17, 15) is 23.1 Å². The number of carbonyl (C=O) groups excluding carboxylic acids is 1. The Kier molecular flexibility index (Phi) is 6.13. The summed E-state index contributed by atoms with van der Waals surface area (Å²) in [6.07, 6.45) is -4.52. The summed E-state index contributed by atoms with van der Waals surface area (Å²) in [5.74, 6) is 0.323. The van der Waals surface area contributed by atoms with Crippen LogP contribution in [0.3, 0.4) is 0 Å². The van der Waals surface area contributed by atoms with E-state index in [0.29, 0.717) is 21.4 Å². The standard InChI is InChI=1S/C25H18F3N3O3S2/c1-30-19-13-18(34-2)10-11-20(19)35-23(30)21-22(33)31(16-6-8-17(32)9-7-16)24(36-21)29-15-5-3-4-14(12-15)25(26,27)28/h3-13,32H,1-2H3. The molecule has 0 aromatic heterocycles. The largest absolute Gasteiger partial charge is 0.508 e. The molecule has 6 nitrogen and oxygen atoms in total. The van der Waals surface area contributed by atoms with E-state index in [1.807, 2.05) is 30.1 Å². The van der Waals surface area contributed by atoms with Crippen LogP contribution in [0.2, 0.25) is 0 Å². The van der Waals surface area contributed by atoms with Crippen LogP contribution >= 0.6 is 23.5 Å². The zero-order chi connectivity index (χ0) is 25.6. The van der Waals surface area contributed by atoms with E-state index in [0.717, 1.165) is 34.5 Å². The smallest absolute Gasteiger partial charge is 0.416 e. The van der Waals surface area contributed by atoms with Crippen LogP contribution in [0, 0.1) is 0 Å². The van der Waals surface area contributed by atoms with Crippen molar-refractivity contribution in [3.63, 3.8) is 0 Å². The van der Waals surface area contributed by atoms with Gasteiger partial charge in [-0.3, -0.25) is 9.69 Å². The first-order valence-corrected chi connectivity index (χ1v) is 12.2. The van der Waals surface area contributed by atoms with E-state index in [1.165, 1.54) is 40.9 Å². The molecule has 2 heterocycles. The van der Waals surface area contributed by atoms with Crippen LogP contribution in [0.15, 0.2) is 86.6 Å². The summed E-state index contributed by atoms with van der Waals surface area (Å²) in [5.41, 5.74) is 0.533. The van der Waals surface area contributed by atoms with E-state index in [4.69, 9.17) is 4.74 Å². The van der Waals surface area contributed by atoms with Crippen LogP contribution in [0.1, 0.15) is 5.56 Å². The molecule has 1 N–H and O–H groups in total. The molecule has 2 aliphatic rings. The highest BCUT2D eigenvalue weighted by molar-refractivity contribution is 8.20. The summed E-state index contributed by atoms with van der Waals surface area (Å²) >= 11 is 2.50. The normalized spacial score (nSPS) is 18.8. The molecule has 0 radical (unpaired) electrons. The van der Waals surface area contributed by atoms with Gasteiger partial charge < -0.3 is 14.7 Å². The number of halogens is 3. The maximum absolute atomic E-state index is 13.7. The molecule has 3 aromatic rings. The van der Waals surface area contributed by atoms with Gasteiger partial charge in [0.2, 0.25) is 0 Å². The third kappa shape index (κ3) is 4.40. The number of anilines is 2. The molecule has 5 rings (SSSR count). The van der Waals surface area contributed by atoms with E-state index in [2.05, 4.69) is 4.99 Å². The van der Waals surface area contributed by atoms with Gasteiger partial charge in [0.1, 0.15) is 16.4 Å². The number of aliphatic imine (C=N–C) groups is 1. The lowest BCUT2D eigenvalue weighted by Crippen LogP contribution is -2.29. The predicted molar refractivity (Wildman–Crippen MR) is 136 cm³/mol. The Bertz CT molecular complexity index is 1420. The second-order valence-electron chi connectivity index (χ2n) is 7.83. The molecule has 1 amide bonds. The van der Waals surface area contributed by atoms with Gasteiger partial charge in [0.15, 0.2) is 5.17 Å². The number of aromatic hydroxyl groups is 1. The molecular weight excluding hydrogens is 511 g/mol. The van der Waals surface area contributed by atoms with Gasteiger partial charge in [0, 0.05) is 18.0 Å². The fraction of sp³-hybridized carbons (Fsp3) is 0.120. The SMILES string of the molecule is COc1ccc2c(c1)N(C)C(=C1SC(=Nc3cccc(C(F)(F)F)c3)N(c3ccc(O)cc3)C1=O)S2. The van der Waals surface area contributed by atoms with E-state index >= 15 is 0 Å². The van der Waals surface area contributed by atoms with Crippen molar-refractivity contribution < 1.29 is 27.8 Å². The molecule has 0 atom stereocenters. The molecule has 36 heavy (non-hydrogen) atoms. The van der Waals surface area contributed by atoms with Crippen LogP contribution in [0.25, 0.3) is 0 Å². The number of amides is 1. The number of methoxy groups -OCH3 is 1. The van der Waals surface area contributed by atoms with Crippen molar-refractivity contribution in [3.8, 4) is 11.5 Å². The minimum atomic E-state index is -4.52. The summed E-state index contributed by atoms with van der Waals surface area (Å²) in [7, 11) is 3.41. The Hall–Kier alpha value is -3.57. The number of amidine groups is 1. The zero-order valence-corrected chi connectivity index (χ0v) is 20.5. The second-order valence-corrected chi connectivity index (χ2v) is 9.84. The quantitative estimate of drug-likeness (QED) is 0.386. The Labute approximate surface area is 213 Å². The number of fused-ring (bicyclic) bond motifs is 1. The molecule has 3 aromatic carbocycles. The highest BCUT2D eigenvalue weighted by Gasteiger charge is 2.40. The molecular formula is C25H18F3N3O3S2. The maximum atomic E-state index is 13.7. The van der Waals surface area contributed by atoms with Gasteiger partial charge in [-0.15, -0.1) is 0 Å². The van der Waals surface area contributed by atoms with E-state index < -0.39 is 11.7 Å². The fourth-order valence-corrected chi connectivity index (χ4v) is 6.05. The van der Waals surface area contributed by atoms with Gasteiger partial charge in [-0.2, -0.15) is 13.2 Å². The fourth-order valence-electron chi connectivity index (χ4n) is 3.72. The number of thioether (sulfide) groups is 2. The molecule has 1 saturated heterocycles. The maximum Gasteiger partial charge on any atom is 0.416 e. The third-order valence-electron chi connectivity index (χ3n) is 5.52. The summed E-state index contributed by atoms with van der Waals surface area (Å²) < 4.78 is 45.1. The number of phenolic OH excluding ortho intramolecular Hbond substituents is 1. The molecule has 0 spiro atoms. The van der Waals surface area contributed by atoms with Crippen LogP contribution in [0.4, 0.5) is 30.2 Å². The number of phenols is 1. The first-order valence-electron chi connectivity index (χ1n) is 10.6. The lowest BCUT2D eigenvalue weighted by Gasteiger charge is -2.17. The Morgan fingerprint density at radius 1 is 1.00 bits per heavy atom. The van der Waals surface area contributed by atoms with Gasteiger partial charge in [0.05, 0.1) is 34.8 Å². The van der Waals surface area contributed by atoms with E-state index in [1.54, 1.807) is 19.2 Å². The molecule has 0 saturated carbocycles. The first-order chi connectivity index (χ1) is 17.2. The molecule has 0 bridgehead atoms. The van der Waals surface area contributed by atoms with Crippen LogP contribution < -0.4 is 14.5 Å². The van der Waals surface area contributed by atoms with Gasteiger partial charge in [-0.1, -0.05) is 17.8 Å². The molecule has 11 heteroatoms. The van der Waals surface area contributed by atoms with Gasteiger partial charge in [0.25, 0.3) is 5.91 Å². The number of carbonyl (C=O) groups is 1. The Balaban J connectivity index is 1.60. The minimum Gasteiger partial charge on any atom is -0.508 e. The van der Waals surface area contributed by atoms with Crippen LogP contribution in [0.5, 0.6) is 11.5 Å². The Morgan fingerprint density at radius 3 is 2.44 bits per heavy atom. The van der Waals surface area contributed by atoms with Crippen molar-refractivity contribution in [2.75, 3.05) is 24.0 Å². The van der Waals surface area contributed by atoms with E-state index in [-0.39, 0.29) is 22.5 Å². The second kappa shape index (κ2) is 9.14. The lowest BCUT2D eigenvalue weighted by atomic mass is 10.2. The molecule has 2 aliphatic heterocycles. The van der Waals surface area contributed by atoms with Crippen LogP contribution in [-0.4, -0.2) is 30.3 Å². The number of ether oxygens (including phenoxy) is 1. The topological polar surface area (TPSA) is 65.4 Å². The van der Waals surface area contributed by atoms with Crippen molar-refractivity contribution in [2.45, 2.75) is 11.1 Å². The molecule has 1 fully saturated rings. The number of alkyl halides is 3. The summed E-state index contributed by atoms with van der Waals surface area (Å²) in [6, 6.07) is 16.2. The third-order valence-corrected chi connectivity index (χ3v) is 7.92. The van der Waals surface area contributed by atoms with Gasteiger partial charge in [-0.05, 0) is 66.4 Å². The number of benzene rings is 3. The molecule has 0 aliphatic carbocycles. The van der Waals surface area contributed by atoms with Crippen molar-refractivity contribution >= 4 is 51.7 Å². The van der Waals surface area contributed by atoms with Crippen LogP contribution in [-0.2, 0) is 11.0 Å². The van der Waals surface area contributed by atoms with Crippen molar-refractivity contribution in [2.24, 2.45) is 4.99 Å². The summed E-state index contributed by atoms with van der Waals surface area (Å²) in [5, 5.41) is 10.6. The number of rotatable bonds is 3. The molecule has 0 unspecified atom stereocenters. The van der Waals surface area contributed by atoms with Gasteiger partial charge in [-0.25, -0.2) is 4.99 Å². The highest BCUT2D eigenvalue weighted by Crippen LogP contribution is 2.51. The average Bonchev–Trinajstić information content (AvgIpc) is 3.35. The zero-order valence-electron chi connectivity index (χ0n) is 18.9. The minimum absolute atomic E-state index is 0.0171. The number of hydrogen-bond donors (Lipinski definition) is 1. The number of nitrogens with zero attached hydrogens (tertiary/aromatic N) is 3. The van der Waals surface area contributed by atoms with Crippen molar-refractivity contribution in [1.29, 1.82) is 0 Å². The van der Waals surface area contributed by atoms with Crippen molar-refractivity contribution in [3.05, 3.63) is 82.2 Å². The lowest BCUT2D eigenvalue weighted by molar-refractivity contribution is -0.137. The number of hydrogen-bond acceptors (Lipinski definition) is 7. The Morgan fingerprint density at radius 2 is 1.75 bits per heavy atom. The van der Waals surface area contributed by atoms with Gasteiger partial charge >= 0.3 is 6.18 Å². The summed E-state index contributed by atoms with van der Waals surface area (Å²) in [6.45, 7) is 0. The monoisotopic (exact) mass is 529 g/mol. The average molecular weight is 530 g/mol. The van der Waals surface area contributed by atoms with Crippen molar-refractivity contribution in [1.82, 2.24) is 0 Å². The first kappa shape index (κ1) is 24.1. The predicted octanol–water partition coefficient (Wildman–Crippen LogP) is 6.60.